The second-order valence-corrected chi connectivity index (χ2v) is 3.44. The van der Waals surface area contributed by atoms with Crippen LogP contribution in [0.15, 0.2) is 10.6 Å². The smallest absolute Gasteiger partial charge is 0.221 e. The van der Waals surface area contributed by atoms with Crippen LogP contribution in [-0.2, 0) is 11.3 Å². The number of nitrogens with zero attached hydrogens (tertiary/aromatic N) is 1. The number of amides is 1. The van der Waals surface area contributed by atoms with E-state index in [0.717, 1.165) is 5.69 Å². The van der Waals surface area contributed by atoms with E-state index in [1.807, 2.05) is 6.92 Å². The third kappa shape index (κ3) is 3.59. The molecule has 0 saturated carbocycles. The van der Waals surface area contributed by atoms with Crippen LogP contribution >= 0.6 is 15.9 Å². The number of alkyl halides is 1. The van der Waals surface area contributed by atoms with Gasteiger partial charge in [-0.3, -0.25) is 4.79 Å². The largest absolute Gasteiger partial charge is 0.359 e. The first-order chi connectivity index (χ1) is 6.22. The van der Waals surface area contributed by atoms with E-state index in [9.17, 15) is 4.79 Å². The van der Waals surface area contributed by atoms with Gasteiger partial charge in [-0.2, -0.15) is 0 Å². The Morgan fingerprint density at radius 1 is 1.77 bits per heavy atom. The quantitative estimate of drug-likeness (QED) is 0.818. The summed E-state index contributed by atoms with van der Waals surface area (Å²) in [6.45, 7) is 2.25. The van der Waals surface area contributed by atoms with Gasteiger partial charge in [0.15, 0.2) is 5.76 Å². The van der Waals surface area contributed by atoms with Crippen molar-refractivity contribution in [1.82, 2.24) is 10.5 Å². The summed E-state index contributed by atoms with van der Waals surface area (Å²) in [5.74, 6) is 0.686. The van der Waals surface area contributed by atoms with E-state index in [1.54, 1.807) is 6.07 Å². The molecule has 1 aromatic rings. The van der Waals surface area contributed by atoms with Gasteiger partial charge in [0.1, 0.15) is 0 Å². The lowest BCUT2D eigenvalue weighted by Crippen LogP contribution is -2.22. The topological polar surface area (TPSA) is 55.1 Å². The normalized spacial score (nSPS) is 10.0. The highest BCUT2D eigenvalue weighted by Crippen LogP contribution is 2.01. The van der Waals surface area contributed by atoms with Crippen LogP contribution in [0, 0.1) is 6.92 Å². The average Bonchev–Trinajstić information content (AvgIpc) is 2.49. The number of hydrogen-bond acceptors (Lipinski definition) is 3. The predicted octanol–water partition coefficient (Wildman–Crippen LogP) is 1.38. The summed E-state index contributed by atoms with van der Waals surface area (Å²) >= 11 is 3.18. The third-order valence-corrected chi connectivity index (χ3v) is 1.85. The molecule has 72 valence electrons. The minimum atomic E-state index is 0.00549. The standard InChI is InChI=1S/C8H11BrN2O2/c1-6-4-7(13-11-6)5-10-8(12)2-3-9/h4H,2-3,5H2,1H3,(H,10,12). The number of nitrogens with one attached hydrogen (secondary N) is 1. The number of rotatable bonds is 4. The molecule has 4 nitrogen and oxygen atoms in total. The van der Waals surface area contributed by atoms with Gasteiger partial charge < -0.3 is 9.84 Å². The molecule has 0 spiro atoms. The zero-order valence-corrected chi connectivity index (χ0v) is 8.93. The van der Waals surface area contributed by atoms with Crippen LogP contribution in [-0.4, -0.2) is 16.4 Å². The van der Waals surface area contributed by atoms with Gasteiger partial charge in [0.05, 0.1) is 12.2 Å². The fourth-order valence-electron chi connectivity index (χ4n) is 0.860. The second kappa shape index (κ2) is 5.01. The number of hydrogen-bond donors (Lipinski definition) is 1. The van der Waals surface area contributed by atoms with E-state index in [0.29, 0.717) is 24.1 Å². The van der Waals surface area contributed by atoms with Crippen LogP contribution in [0.5, 0.6) is 0 Å². The first-order valence-corrected chi connectivity index (χ1v) is 5.09. The molecule has 0 fully saturated rings. The molecule has 0 unspecified atom stereocenters. The van der Waals surface area contributed by atoms with Crippen molar-refractivity contribution in [1.29, 1.82) is 0 Å². The maximum atomic E-state index is 11.0. The Morgan fingerprint density at radius 3 is 3.08 bits per heavy atom. The molecule has 1 amide bonds. The molecular formula is C8H11BrN2O2. The highest BCUT2D eigenvalue weighted by atomic mass is 79.9. The summed E-state index contributed by atoms with van der Waals surface area (Å²) in [5, 5.41) is 7.09. The summed E-state index contributed by atoms with van der Waals surface area (Å²) in [4.78, 5) is 11.0. The fraction of sp³-hybridized carbons (Fsp3) is 0.500. The van der Waals surface area contributed by atoms with Crippen molar-refractivity contribution in [3.63, 3.8) is 0 Å². The molecular weight excluding hydrogens is 236 g/mol. The van der Waals surface area contributed by atoms with Gasteiger partial charge in [0, 0.05) is 17.8 Å². The average molecular weight is 247 g/mol. The van der Waals surface area contributed by atoms with Gasteiger partial charge in [-0.1, -0.05) is 21.1 Å². The zero-order valence-electron chi connectivity index (χ0n) is 7.34. The molecule has 0 aliphatic heterocycles. The molecule has 1 rings (SSSR count). The van der Waals surface area contributed by atoms with E-state index >= 15 is 0 Å². The summed E-state index contributed by atoms with van der Waals surface area (Å²) in [5.41, 5.74) is 0.824. The van der Waals surface area contributed by atoms with Gasteiger partial charge >= 0.3 is 0 Å². The van der Waals surface area contributed by atoms with Crippen LogP contribution in [0.1, 0.15) is 17.9 Å². The van der Waals surface area contributed by atoms with Crippen LogP contribution < -0.4 is 5.32 Å². The molecule has 0 aliphatic carbocycles. The molecule has 13 heavy (non-hydrogen) atoms. The maximum Gasteiger partial charge on any atom is 0.221 e. The van der Waals surface area contributed by atoms with Gasteiger partial charge in [0.25, 0.3) is 0 Å². The number of carbonyl (C=O) groups is 1. The second-order valence-electron chi connectivity index (χ2n) is 2.65. The molecule has 1 heterocycles. The molecule has 0 aliphatic rings. The van der Waals surface area contributed by atoms with Crippen molar-refractivity contribution in [2.24, 2.45) is 0 Å². The van der Waals surface area contributed by atoms with Gasteiger partial charge in [0.2, 0.25) is 5.91 Å². The molecule has 5 heteroatoms. The highest BCUT2D eigenvalue weighted by Gasteiger charge is 2.03. The first-order valence-electron chi connectivity index (χ1n) is 3.97. The zero-order chi connectivity index (χ0) is 9.68. The first kappa shape index (κ1) is 10.2. The van der Waals surface area contributed by atoms with Crippen molar-refractivity contribution in [2.45, 2.75) is 19.9 Å². The van der Waals surface area contributed by atoms with Gasteiger partial charge in [-0.05, 0) is 6.92 Å². The summed E-state index contributed by atoms with van der Waals surface area (Å²) in [6, 6.07) is 1.80. The van der Waals surface area contributed by atoms with Crippen LogP contribution in [0.3, 0.4) is 0 Å². The number of aromatic nitrogens is 1. The monoisotopic (exact) mass is 246 g/mol. The van der Waals surface area contributed by atoms with Crippen molar-refractivity contribution in [2.75, 3.05) is 5.33 Å². The summed E-state index contributed by atoms with van der Waals surface area (Å²) in [6.07, 6.45) is 0.479. The predicted molar refractivity (Wildman–Crippen MR) is 51.5 cm³/mol. The molecule has 0 radical (unpaired) electrons. The summed E-state index contributed by atoms with van der Waals surface area (Å²) < 4.78 is 4.92. The Labute approximate surface area is 84.8 Å². The molecule has 0 aromatic carbocycles. The van der Waals surface area contributed by atoms with Crippen molar-refractivity contribution >= 4 is 21.8 Å². The van der Waals surface area contributed by atoms with Crippen molar-refractivity contribution in [3.05, 3.63) is 17.5 Å². The van der Waals surface area contributed by atoms with Crippen LogP contribution in [0.25, 0.3) is 0 Å². The van der Waals surface area contributed by atoms with E-state index in [2.05, 4.69) is 26.4 Å². The third-order valence-electron chi connectivity index (χ3n) is 1.46. The molecule has 1 aromatic heterocycles. The van der Waals surface area contributed by atoms with E-state index in [4.69, 9.17) is 4.52 Å². The summed E-state index contributed by atoms with van der Waals surface area (Å²) in [7, 11) is 0. The lowest BCUT2D eigenvalue weighted by Gasteiger charge is -1.99. The minimum Gasteiger partial charge on any atom is -0.359 e. The van der Waals surface area contributed by atoms with Crippen molar-refractivity contribution < 1.29 is 9.32 Å². The minimum absolute atomic E-state index is 0.00549. The Morgan fingerprint density at radius 2 is 2.54 bits per heavy atom. The van der Waals surface area contributed by atoms with Crippen molar-refractivity contribution in [3.8, 4) is 0 Å². The molecule has 0 bridgehead atoms. The lowest BCUT2D eigenvalue weighted by atomic mass is 10.3. The number of halogens is 1. The molecule has 0 saturated heterocycles. The Bertz CT molecular complexity index is 285. The molecule has 0 atom stereocenters. The van der Waals surface area contributed by atoms with Crippen LogP contribution in [0.2, 0.25) is 0 Å². The van der Waals surface area contributed by atoms with Gasteiger partial charge in [-0.15, -0.1) is 0 Å². The Hall–Kier alpha value is -0.840. The SMILES string of the molecule is Cc1cc(CNC(=O)CCBr)on1. The lowest BCUT2D eigenvalue weighted by molar-refractivity contribution is -0.120. The van der Waals surface area contributed by atoms with E-state index in [1.165, 1.54) is 0 Å². The maximum absolute atomic E-state index is 11.0. The molecule has 1 N–H and O–H groups in total. The number of carbonyl (C=O) groups excluding carboxylic acids is 1. The Kier molecular flexibility index (Phi) is 3.95. The van der Waals surface area contributed by atoms with E-state index < -0.39 is 0 Å². The van der Waals surface area contributed by atoms with E-state index in [-0.39, 0.29) is 5.91 Å². The van der Waals surface area contributed by atoms with Crippen LogP contribution in [0.4, 0.5) is 0 Å². The highest BCUT2D eigenvalue weighted by molar-refractivity contribution is 9.09. The number of aryl methyl sites for hydroxylation is 1. The fourth-order valence-corrected chi connectivity index (χ4v) is 1.22. The Balaban J connectivity index is 2.30. The van der Waals surface area contributed by atoms with Gasteiger partial charge in [-0.25, -0.2) is 0 Å².